The normalized spacial score (nSPS) is 11.5. The van der Waals surface area contributed by atoms with E-state index in [2.05, 4.69) is 21.2 Å². The number of carbonyl (C=O) groups is 1. The van der Waals surface area contributed by atoms with Crippen molar-refractivity contribution in [3.8, 4) is 0 Å². The molecule has 0 bridgehead atoms. The maximum atomic E-state index is 13.9. The van der Waals surface area contributed by atoms with Gasteiger partial charge in [-0.05, 0) is 48.9 Å². The lowest BCUT2D eigenvalue weighted by Crippen LogP contribution is -2.37. The molecule has 0 atom stereocenters. The van der Waals surface area contributed by atoms with Gasteiger partial charge in [-0.15, -0.1) is 0 Å². The number of carbonyl (C=O) groups excluding carboxylic acids is 1. The first kappa shape index (κ1) is 23.1. The lowest BCUT2D eigenvalue weighted by molar-refractivity contribution is -0.116. The molecule has 0 aliphatic heterocycles. The van der Waals surface area contributed by atoms with Crippen LogP contribution in [0.4, 0.5) is 14.5 Å². The zero-order valence-corrected chi connectivity index (χ0v) is 18.9. The van der Waals surface area contributed by atoms with E-state index in [9.17, 15) is 22.0 Å². The van der Waals surface area contributed by atoms with Crippen LogP contribution in [-0.2, 0) is 21.4 Å². The number of benzene rings is 3. The van der Waals surface area contributed by atoms with Crippen molar-refractivity contribution in [2.75, 3.05) is 11.9 Å². The summed E-state index contributed by atoms with van der Waals surface area (Å²) in [5.41, 5.74) is 1.46. The molecule has 5 nitrogen and oxygen atoms in total. The molecular weight excluding hydrogens is 490 g/mol. The molecule has 31 heavy (non-hydrogen) atoms. The Balaban J connectivity index is 1.88. The number of rotatable bonds is 7. The monoisotopic (exact) mass is 508 g/mol. The van der Waals surface area contributed by atoms with Crippen LogP contribution >= 0.6 is 15.9 Å². The number of hydrogen-bond acceptors (Lipinski definition) is 3. The molecule has 0 aliphatic carbocycles. The molecule has 9 heteroatoms. The molecule has 0 aliphatic rings. The summed E-state index contributed by atoms with van der Waals surface area (Å²) in [6, 6.07) is 16.0. The minimum atomic E-state index is -4.03. The second-order valence-electron chi connectivity index (χ2n) is 6.88. The quantitative estimate of drug-likeness (QED) is 0.495. The van der Waals surface area contributed by atoms with Crippen LogP contribution in [0.25, 0.3) is 0 Å². The zero-order valence-electron chi connectivity index (χ0n) is 16.5. The Morgan fingerprint density at radius 2 is 1.65 bits per heavy atom. The van der Waals surface area contributed by atoms with Crippen molar-refractivity contribution in [3.63, 3.8) is 0 Å². The summed E-state index contributed by atoms with van der Waals surface area (Å²) in [5.74, 6) is -2.48. The van der Waals surface area contributed by atoms with Gasteiger partial charge in [0.15, 0.2) is 0 Å². The van der Waals surface area contributed by atoms with Crippen LogP contribution in [0.15, 0.2) is 76.1 Å². The number of nitrogens with zero attached hydrogens (tertiary/aromatic N) is 1. The molecule has 0 spiro atoms. The third-order valence-electron chi connectivity index (χ3n) is 4.46. The van der Waals surface area contributed by atoms with Gasteiger partial charge in [0, 0.05) is 17.1 Å². The Bertz CT molecular complexity index is 1180. The summed E-state index contributed by atoms with van der Waals surface area (Å²) in [5, 5.41) is 2.30. The average molecular weight is 509 g/mol. The highest BCUT2D eigenvalue weighted by Gasteiger charge is 2.27. The van der Waals surface area contributed by atoms with E-state index in [-0.39, 0.29) is 17.1 Å². The van der Waals surface area contributed by atoms with E-state index >= 15 is 0 Å². The van der Waals surface area contributed by atoms with Crippen molar-refractivity contribution in [3.05, 3.63) is 94.0 Å². The Hall–Kier alpha value is -2.62. The van der Waals surface area contributed by atoms with E-state index in [4.69, 9.17) is 0 Å². The number of anilines is 1. The molecule has 0 saturated heterocycles. The summed E-state index contributed by atoms with van der Waals surface area (Å²) >= 11 is 3.26. The van der Waals surface area contributed by atoms with Gasteiger partial charge < -0.3 is 5.32 Å². The van der Waals surface area contributed by atoms with Crippen molar-refractivity contribution in [2.24, 2.45) is 0 Å². The van der Waals surface area contributed by atoms with E-state index in [0.717, 1.165) is 22.0 Å². The SMILES string of the molecule is Cc1ccc(CN(CC(=O)Nc2ccc(F)cc2F)S(=O)(=O)c2ccc(Br)cc2)cc1. The minimum Gasteiger partial charge on any atom is -0.322 e. The molecule has 0 unspecified atom stereocenters. The van der Waals surface area contributed by atoms with Gasteiger partial charge in [-0.1, -0.05) is 45.8 Å². The highest BCUT2D eigenvalue weighted by molar-refractivity contribution is 9.10. The molecule has 3 aromatic carbocycles. The molecule has 1 amide bonds. The first-order valence-electron chi connectivity index (χ1n) is 9.21. The number of hydrogen-bond donors (Lipinski definition) is 1. The van der Waals surface area contributed by atoms with E-state index in [1.807, 2.05) is 19.1 Å². The minimum absolute atomic E-state index is 0.0172. The Morgan fingerprint density at radius 3 is 2.26 bits per heavy atom. The highest BCUT2D eigenvalue weighted by Crippen LogP contribution is 2.22. The number of halogens is 3. The third kappa shape index (κ3) is 5.96. The molecule has 0 heterocycles. The van der Waals surface area contributed by atoms with Crippen molar-refractivity contribution >= 4 is 37.5 Å². The van der Waals surface area contributed by atoms with Crippen molar-refractivity contribution < 1.29 is 22.0 Å². The first-order chi connectivity index (χ1) is 14.6. The maximum absolute atomic E-state index is 13.9. The Kier molecular flexibility index (Phi) is 7.19. The molecule has 0 radical (unpaired) electrons. The molecule has 162 valence electrons. The summed E-state index contributed by atoms with van der Waals surface area (Å²) in [6.07, 6.45) is 0. The van der Waals surface area contributed by atoms with Gasteiger partial charge in [-0.3, -0.25) is 4.79 Å². The number of amides is 1. The predicted octanol–water partition coefficient (Wildman–Crippen LogP) is 4.87. The number of sulfonamides is 1. The predicted molar refractivity (Wildman–Crippen MR) is 118 cm³/mol. The maximum Gasteiger partial charge on any atom is 0.243 e. The van der Waals surface area contributed by atoms with Crippen LogP contribution in [0.3, 0.4) is 0 Å². The zero-order chi connectivity index (χ0) is 22.6. The lowest BCUT2D eigenvalue weighted by Gasteiger charge is -2.22. The van der Waals surface area contributed by atoms with Gasteiger partial charge in [-0.2, -0.15) is 4.31 Å². The Morgan fingerprint density at radius 1 is 1.00 bits per heavy atom. The van der Waals surface area contributed by atoms with E-state index in [0.29, 0.717) is 16.1 Å². The smallest absolute Gasteiger partial charge is 0.243 e. The molecule has 3 rings (SSSR count). The Labute approximate surface area is 187 Å². The summed E-state index contributed by atoms with van der Waals surface area (Å²) in [6.45, 7) is 1.30. The first-order valence-corrected chi connectivity index (χ1v) is 11.4. The van der Waals surface area contributed by atoms with Crippen LogP contribution in [0, 0.1) is 18.6 Å². The fourth-order valence-corrected chi connectivity index (χ4v) is 4.47. The van der Waals surface area contributed by atoms with Crippen LogP contribution < -0.4 is 5.32 Å². The number of aryl methyl sites for hydroxylation is 1. The fraction of sp³-hybridized carbons (Fsp3) is 0.136. The van der Waals surface area contributed by atoms with Crippen molar-refractivity contribution in [2.45, 2.75) is 18.4 Å². The molecular formula is C22H19BrF2N2O3S. The molecule has 3 aromatic rings. The third-order valence-corrected chi connectivity index (χ3v) is 6.79. The van der Waals surface area contributed by atoms with Crippen LogP contribution in [0.1, 0.15) is 11.1 Å². The van der Waals surface area contributed by atoms with E-state index in [1.165, 1.54) is 12.1 Å². The molecule has 1 N–H and O–H groups in total. The van der Waals surface area contributed by atoms with Crippen LogP contribution in [0.2, 0.25) is 0 Å². The second-order valence-corrected chi connectivity index (χ2v) is 9.74. The average Bonchev–Trinajstić information content (AvgIpc) is 2.71. The van der Waals surface area contributed by atoms with Gasteiger partial charge in [-0.25, -0.2) is 17.2 Å². The lowest BCUT2D eigenvalue weighted by atomic mass is 10.1. The number of nitrogens with one attached hydrogen (secondary N) is 1. The summed E-state index contributed by atoms with van der Waals surface area (Å²) in [4.78, 5) is 12.6. The molecule has 0 aromatic heterocycles. The van der Waals surface area contributed by atoms with E-state index < -0.39 is 34.1 Å². The topological polar surface area (TPSA) is 66.5 Å². The van der Waals surface area contributed by atoms with E-state index in [1.54, 1.807) is 24.3 Å². The fourth-order valence-electron chi connectivity index (χ4n) is 2.82. The van der Waals surface area contributed by atoms with Crippen molar-refractivity contribution in [1.82, 2.24) is 4.31 Å². The van der Waals surface area contributed by atoms with Gasteiger partial charge in [0.05, 0.1) is 17.1 Å². The van der Waals surface area contributed by atoms with Gasteiger partial charge in [0.1, 0.15) is 11.6 Å². The largest absolute Gasteiger partial charge is 0.322 e. The van der Waals surface area contributed by atoms with Gasteiger partial charge in [0.25, 0.3) is 0 Å². The summed E-state index contributed by atoms with van der Waals surface area (Å²) < 4.78 is 55.1. The van der Waals surface area contributed by atoms with Crippen LogP contribution in [0.5, 0.6) is 0 Å². The highest BCUT2D eigenvalue weighted by atomic mass is 79.9. The standard InChI is InChI=1S/C22H19BrF2N2O3S/c1-15-2-4-16(5-3-15)13-27(31(29,30)19-9-6-17(23)7-10-19)14-22(28)26-21-11-8-18(24)12-20(21)25/h2-12H,13-14H2,1H3,(H,26,28). The van der Waals surface area contributed by atoms with Crippen LogP contribution in [-0.4, -0.2) is 25.2 Å². The second kappa shape index (κ2) is 9.67. The summed E-state index contributed by atoms with van der Waals surface area (Å²) in [7, 11) is -4.03. The molecule has 0 saturated carbocycles. The van der Waals surface area contributed by atoms with Crippen molar-refractivity contribution in [1.29, 1.82) is 0 Å². The molecule has 0 fully saturated rings. The van der Waals surface area contributed by atoms with Gasteiger partial charge in [0.2, 0.25) is 15.9 Å². The van der Waals surface area contributed by atoms with Gasteiger partial charge >= 0.3 is 0 Å².